The number of anilines is 1. The number of piperidine rings is 1. The average molecular weight is 424 g/mol. The number of rotatable bonds is 4. The van der Waals surface area contributed by atoms with Crippen LogP contribution < -0.4 is 5.32 Å². The molecule has 0 spiro atoms. The van der Waals surface area contributed by atoms with Crippen LogP contribution in [0.3, 0.4) is 0 Å². The third kappa shape index (κ3) is 4.98. The number of nitrogens with zero attached hydrogens (tertiary/aromatic N) is 4. The third-order valence-corrected chi connectivity index (χ3v) is 6.31. The number of sulfonamides is 1. The minimum atomic E-state index is -3.19. The summed E-state index contributed by atoms with van der Waals surface area (Å²) in [6.07, 6.45) is 5.46. The van der Waals surface area contributed by atoms with Crippen molar-refractivity contribution in [3.05, 3.63) is 41.7 Å². The van der Waals surface area contributed by atoms with Gasteiger partial charge < -0.3 is 4.90 Å². The summed E-state index contributed by atoms with van der Waals surface area (Å²) < 4.78 is 24.6. The van der Waals surface area contributed by atoms with Gasteiger partial charge in [-0.15, -0.1) is 0 Å². The lowest BCUT2D eigenvalue weighted by molar-refractivity contribution is 0.174. The fourth-order valence-corrected chi connectivity index (χ4v) is 4.18. The number of aromatic nitrogens is 2. The Hall–Kier alpha value is -2.23. The summed E-state index contributed by atoms with van der Waals surface area (Å²) >= 11 is 5.99. The van der Waals surface area contributed by atoms with Gasteiger partial charge in [-0.25, -0.2) is 22.5 Å². The van der Waals surface area contributed by atoms with E-state index in [2.05, 4.69) is 15.3 Å². The van der Waals surface area contributed by atoms with Crippen LogP contribution in [0.25, 0.3) is 11.3 Å². The Balaban J connectivity index is 1.58. The first kappa shape index (κ1) is 20.5. The molecule has 1 N–H and O–H groups in total. The molecule has 2 amide bonds. The average Bonchev–Trinajstić information content (AvgIpc) is 2.67. The normalized spacial score (nSPS) is 16.0. The number of nitrogens with one attached hydrogen (secondary N) is 1. The van der Waals surface area contributed by atoms with E-state index in [-0.39, 0.29) is 12.1 Å². The van der Waals surface area contributed by atoms with E-state index >= 15 is 0 Å². The van der Waals surface area contributed by atoms with Gasteiger partial charge >= 0.3 is 6.03 Å². The molecule has 0 unspecified atom stereocenters. The highest BCUT2D eigenvalue weighted by molar-refractivity contribution is 7.88. The van der Waals surface area contributed by atoms with Crippen LogP contribution in [-0.2, 0) is 10.0 Å². The van der Waals surface area contributed by atoms with Crippen LogP contribution in [0.4, 0.5) is 10.6 Å². The predicted octanol–water partition coefficient (Wildman–Crippen LogP) is 2.68. The minimum absolute atomic E-state index is 0.0308. The molecule has 0 saturated carbocycles. The van der Waals surface area contributed by atoms with Crippen molar-refractivity contribution in [1.82, 2.24) is 19.2 Å². The topological polar surface area (TPSA) is 95.5 Å². The van der Waals surface area contributed by atoms with E-state index in [0.29, 0.717) is 42.5 Å². The molecule has 0 aliphatic carbocycles. The van der Waals surface area contributed by atoms with Crippen molar-refractivity contribution in [3.8, 4) is 11.3 Å². The fourth-order valence-electron chi connectivity index (χ4n) is 3.11. The Morgan fingerprint density at radius 2 is 1.96 bits per heavy atom. The highest BCUT2D eigenvalue weighted by Gasteiger charge is 2.29. The zero-order valence-electron chi connectivity index (χ0n) is 15.7. The Labute approximate surface area is 169 Å². The van der Waals surface area contributed by atoms with E-state index in [1.165, 1.54) is 16.8 Å². The first-order valence-electron chi connectivity index (χ1n) is 8.81. The second-order valence-corrected chi connectivity index (χ2v) is 9.15. The molecule has 2 aromatic rings. The molecule has 10 heteroatoms. The number of benzene rings is 1. The Morgan fingerprint density at radius 3 is 2.54 bits per heavy atom. The quantitative estimate of drug-likeness (QED) is 0.815. The highest BCUT2D eigenvalue weighted by atomic mass is 35.5. The maximum absolute atomic E-state index is 12.5. The molecule has 1 aromatic heterocycles. The zero-order chi connectivity index (χ0) is 20.3. The highest BCUT2D eigenvalue weighted by Crippen LogP contribution is 2.21. The predicted molar refractivity (Wildman–Crippen MR) is 109 cm³/mol. The number of hydrogen-bond donors (Lipinski definition) is 1. The molecule has 1 aromatic carbocycles. The van der Waals surface area contributed by atoms with Crippen molar-refractivity contribution in [3.63, 3.8) is 0 Å². The van der Waals surface area contributed by atoms with Crippen LogP contribution in [0.5, 0.6) is 0 Å². The molecular formula is C18H22ClN5O3S. The molecular weight excluding hydrogens is 402 g/mol. The molecule has 1 aliphatic rings. The smallest absolute Gasteiger partial charge is 0.323 e. The lowest BCUT2D eigenvalue weighted by Crippen LogP contribution is -2.48. The van der Waals surface area contributed by atoms with Crippen molar-refractivity contribution < 1.29 is 13.2 Å². The standard InChI is InChI=1S/C18H22ClN5O3S/c1-23(15-6-8-24(9-7-15)28(2,26)27)18(25)22-17-12-20-16(11-21-17)13-4-3-5-14(19)10-13/h3-5,10-12,15H,6-9H2,1-2H3,(H,21,22,25). The summed E-state index contributed by atoms with van der Waals surface area (Å²) in [7, 11) is -1.49. The van der Waals surface area contributed by atoms with Crippen molar-refractivity contribution in [1.29, 1.82) is 0 Å². The Morgan fingerprint density at radius 1 is 1.25 bits per heavy atom. The summed E-state index contributed by atoms with van der Waals surface area (Å²) in [5, 5.41) is 3.34. The van der Waals surface area contributed by atoms with Crippen LogP contribution in [0.1, 0.15) is 12.8 Å². The van der Waals surface area contributed by atoms with Crippen LogP contribution in [-0.4, -0.2) is 66.1 Å². The van der Waals surface area contributed by atoms with Gasteiger partial charge in [-0.05, 0) is 25.0 Å². The second kappa shape index (κ2) is 8.42. The summed E-state index contributed by atoms with van der Waals surface area (Å²) in [5.74, 6) is 0.344. The van der Waals surface area contributed by atoms with E-state index in [1.807, 2.05) is 12.1 Å². The van der Waals surface area contributed by atoms with Crippen LogP contribution >= 0.6 is 11.6 Å². The molecule has 0 radical (unpaired) electrons. The van der Waals surface area contributed by atoms with Gasteiger partial charge in [0.2, 0.25) is 10.0 Å². The molecule has 28 heavy (non-hydrogen) atoms. The van der Waals surface area contributed by atoms with E-state index in [4.69, 9.17) is 11.6 Å². The minimum Gasteiger partial charge on any atom is -0.324 e. The number of carbonyl (C=O) groups is 1. The molecule has 150 valence electrons. The first-order valence-corrected chi connectivity index (χ1v) is 11.0. The lowest BCUT2D eigenvalue weighted by atomic mass is 10.1. The first-order chi connectivity index (χ1) is 13.2. The number of halogens is 1. The molecule has 1 aliphatic heterocycles. The van der Waals surface area contributed by atoms with E-state index in [0.717, 1.165) is 5.56 Å². The summed E-state index contributed by atoms with van der Waals surface area (Å²) in [6.45, 7) is 0.824. The Bertz CT molecular complexity index is 944. The number of hydrogen-bond acceptors (Lipinski definition) is 5. The monoisotopic (exact) mass is 423 g/mol. The van der Waals surface area contributed by atoms with Gasteiger partial charge in [0.05, 0.1) is 24.3 Å². The van der Waals surface area contributed by atoms with Crippen LogP contribution in [0.15, 0.2) is 36.7 Å². The molecule has 2 heterocycles. The molecule has 1 fully saturated rings. The molecule has 0 atom stereocenters. The van der Waals surface area contributed by atoms with Gasteiger partial charge in [0.1, 0.15) is 0 Å². The lowest BCUT2D eigenvalue weighted by Gasteiger charge is -2.35. The van der Waals surface area contributed by atoms with E-state index in [1.54, 1.807) is 30.3 Å². The second-order valence-electron chi connectivity index (χ2n) is 6.73. The largest absolute Gasteiger partial charge is 0.324 e. The summed E-state index contributed by atoms with van der Waals surface area (Å²) in [6, 6.07) is 6.95. The molecule has 1 saturated heterocycles. The molecule has 8 nitrogen and oxygen atoms in total. The SMILES string of the molecule is CN(C(=O)Nc1cnc(-c2cccc(Cl)c2)cn1)C1CCN(S(C)(=O)=O)CC1. The van der Waals surface area contributed by atoms with Gasteiger partial charge in [-0.2, -0.15) is 0 Å². The Kier molecular flexibility index (Phi) is 6.17. The maximum Gasteiger partial charge on any atom is 0.323 e. The van der Waals surface area contributed by atoms with Gasteiger partial charge in [0, 0.05) is 36.8 Å². The fraction of sp³-hybridized carbons (Fsp3) is 0.389. The summed E-state index contributed by atoms with van der Waals surface area (Å²) in [5.41, 5.74) is 1.50. The van der Waals surface area contributed by atoms with Crippen molar-refractivity contribution in [2.75, 3.05) is 31.7 Å². The van der Waals surface area contributed by atoms with Crippen LogP contribution in [0, 0.1) is 0 Å². The molecule has 0 bridgehead atoms. The zero-order valence-corrected chi connectivity index (χ0v) is 17.2. The number of urea groups is 1. The van der Waals surface area contributed by atoms with Crippen LogP contribution in [0.2, 0.25) is 5.02 Å². The van der Waals surface area contributed by atoms with E-state index in [9.17, 15) is 13.2 Å². The molecule has 3 rings (SSSR count). The van der Waals surface area contributed by atoms with Crippen molar-refractivity contribution in [2.45, 2.75) is 18.9 Å². The van der Waals surface area contributed by atoms with Crippen molar-refractivity contribution in [2.24, 2.45) is 0 Å². The van der Waals surface area contributed by atoms with Gasteiger partial charge in [0.15, 0.2) is 5.82 Å². The van der Waals surface area contributed by atoms with Crippen molar-refractivity contribution >= 4 is 33.5 Å². The number of amides is 2. The van der Waals surface area contributed by atoms with Gasteiger partial charge in [0.25, 0.3) is 0 Å². The van der Waals surface area contributed by atoms with Gasteiger partial charge in [-0.3, -0.25) is 10.3 Å². The maximum atomic E-state index is 12.5. The third-order valence-electron chi connectivity index (χ3n) is 4.77. The number of carbonyl (C=O) groups excluding carboxylic acids is 1. The summed E-state index contributed by atoms with van der Waals surface area (Å²) in [4.78, 5) is 22.6. The van der Waals surface area contributed by atoms with E-state index < -0.39 is 10.0 Å². The van der Waals surface area contributed by atoms with Gasteiger partial charge in [-0.1, -0.05) is 23.7 Å².